The molecular weight excluding hydrogens is 577 g/mol. The zero-order valence-corrected chi connectivity index (χ0v) is 24.7. The monoisotopic (exact) mass is 609 g/mol. The molecule has 1 aliphatic rings. The number of hydrogen-bond acceptors (Lipinski definition) is 5. The van der Waals surface area contributed by atoms with Crippen LogP contribution in [0.2, 0.25) is 10.0 Å². The van der Waals surface area contributed by atoms with Gasteiger partial charge in [-0.1, -0.05) is 65.7 Å². The molecule has 0 aromatic heterocycles. The molecule has 4 rings (SSSR count). The van der Waals surface area contributed by atoms with E-state index < -0.39 is 30.1 Å². The number of hydrogen-bond donors (Lipinski definition) is 4. The molecule has 42 heavy (non-hydrogen) atoms. The van der Waals surface area contributed by atoms with Crippen LogP contribution in [0.15, 0.2) is 72.8 Å². The Hall–Kier alpha value is -3.85. The van der Waals surface area contributed by atoms with E-state index in [4.69, 9.17) is 27.9 Å². The number of carbonyl (C=O) groups excluding carboxylic acids is 3. The fraction of sp³-hybridized carbons (Fsp3) is 0.281. The highest BCUT2D eigenvalue weighted by molar-refractivity contribution is 6.35. The zero-order chi connectivity index (χ0) is 30.1. The third-order valence-corrected chi connectivity index (χ3v) is 7.26. The second-order valence-electron chi connectivity index (χ2n) is 9.89. The number of aliphatic hydroxyl groups excluding tert-OH is 1. The van der Waals surface area contributed by atoms with Crippen LogP contribution in [-0.4, -0.2) is 42.3 Å². The minimum absolute atomic E-state index is 0.131. The summed E-state index contributed by atoms with van der Waals surface area (Å²) < 4.78 is 4.75. The van der Waals surface area contributed by atoms with Crippen LogP contribution in [-0.2, 0) is 9.53 Å². The molecule has 3 amide bonds. The summed E-state index contributed by atoms with van der Waals surface area (Å²) >= 11 is 12.2. The number of amides is 3. The first-order valence-corrected chi connectivity index (χ1v) is 14.5. The smallest absolute Gasteiger partial charge is 0.336 e. The maximum Gasteiger partial charge on any atom is 0.336 e. The van der Waals surface area contributed by atoms with Gasteiger partial charge in [0, 0.05) is 21.3 Å². The van der Waals surface area contributed by atoms with E-state index in [0.29, 0.717) is 21.3 Å². The number of benzene rings is 3. The van der Waals surface area contributed by atoms with Gasteiger partial charge in [-0.2, -0.15) is 0 Å². The Bertz CT molecular complexity index is 1420. The summed E-state index contributed by atoms with van der Waals surface area (Å²) in [6.07, 6.45) is 5.34. The molecule has 4 N–H and O–H groups in total. The van der Waals surface area contributed by atoms with Crippen molar-refractivity contribution in [2.75, 3.05) is 18.5 Å². The van der Waals surface area contributed by atoms with E-state index in [2.05, 4.69) is 34.2 Å². The Morgan fingerprint density at radius 3 is 2.17 bits per heavy atom. The topological polar surface area (TPSA) is 117 Å². The van der Waals surface area contributed by atoms with Gasteiger partial charge in [-0.3, -0.25) is 4.79 Å². The second kappa shape index (κ2) is 14.9. The predicted molar refractivity (Wildman–Crippen MR) is 165 cm³/mol. The highest BCUT2D eigenvalue weighted by Crippen LogP contribution is 2.30. The lowest BCUT2D eigenvalue weighted by atomic mass is 9.91. The van der Waals surface area contributed by atoms with Gasteiger partial charge in [-0.25, -0.2) is 9.59 Å². The van der Waals surface area contributed by atoms with Crippen LogP contribution in [0.25, 0.3) is 5.57 Å². The standard InChI is InChI=1S/C32H33Cl2N3O5/c1-2-42-31(40)28(38)19-35-30(39)24-14-12-23(13-15-24)29(37-32(41)36-27-17-25(33)16-26(34)18-27)22-10-8-21(9-11-22)20-6-4-3-5-7-20/h6,8-18,28-29,38H,2-5,7,19H2,1H3,(H,35,39)(H2,36,37,41). The summed E-state index contributed by atoms with van der Waals surface area (Å²) in [5, 5.41) is 19.0. The normalized spacial score (nSPS) is 14.2. The molecule has 0 radical (unpaired) electrons. The van der Waals surface area contributed by atoms with Gasteiger partial charge in [0.25, 0.3) is 5.91 Å². The third kappa shape index (κ3) is 8.58. The van der Waals surface area contributed by atoms with Gasteiger partial charge >= 0.3 is 12.0 Å². The van der Waals surface area contributed by atoms with Gasteiger partial charge in [0.1, 0.15) is 0 Å². The molecule has 10 heteroatoms. The molecule has 0 saturated heterocycles. The number of halogens is 2. The van der Waals surface area contributed by atoms with E-state index >= 15 is 0 Å². The highest BCUT2D eigenvalue weighted by Gasteiger charge is 2.20. The molecule has 0 saturated carbocycles. The maximum absolute atomic E-state index is 13.1. The van der Waals surface area contributed by atoms with Crippen LogP contribution < -0.4 is 16.0 Å². The van der Waals surface area contributed by atoms with Crippen molar-refractivity contribution in [3.63, 3.8) is 0 Å². The molecule has 2 atom stereocenters. The van der Waals surface area contributed by atoms with Gasteiger partial charge in [0.15, 0.2) is 6.10 Å². The number of allylic oxidation sites excluding steroid dienone is 2. The first-order valence-electron chi connectivity index (χ1n) is 13.8. The summed E-state index contributed by atoms with van der Waals surface area (Å²) in [4.78, 5) is 37.3. The number of ether oxygens (including phenoxy) is 1. The number of esters is 1. The maximum atomic E-state index is 13.1. The lowest BCUT2D eigenvalue weighted by Gasteiger charge is -2.22. The van der Waals surface area contributed by atoms with Gasteiger partial charge < -0.3 is 25.8 Å². The van der Waals surface area contributed by atoms with Gasteiger partial charge in [0.2, 0.25) is 0 Å². The number of nitrogens with one attached hydrogen (secondary N) is 3. The molecule has 0 bridgehead atoms. The lowest BCUT2D eigenvalue weighted by molar-refractivity contribution is -0.152. The van der Waals surface area contributed by atoms with Crippen LogP contribution >= 0.6 is 23.2 Å². The van der Waals surface area contributed by atoms with E-state index in [1.54, 1.807) is 49.4 Å². The number of carbonyl (C=O) groups is 3. The minimum Gasteiger partial charge on any atom is -0.464 e. The van der Waals surface area contributed by atoms with Gasteiger partial charge in [0.05, 0.1) is 19.2 Å². The fourth-order valence-electron chi connectivity index (χ4n) is 4.71. The average Bonchev–Trinajstić information content (AvgIpc) is 2.99. The fourth-order valence-corrected chi connectivity index (χ4v) is 5.24. The van der Waals surface area contributed by atoms with E-state index in [1.165, 1.54) is 18.4 Å². The SMILES string of the molecule is CCOC(=O)C(O)CNC(=O)c1ccc(C(NC(=O)Nc2cc(Cl)cc(Cl)c2)c2ccc(C3=CCCCC3)cc2)cc1. The number of aliphatic hydroxyl groups is 1. The first kappa shape index (κ1) is 31.1. The molecule has 0 aliphatic heterocycles. The van der Waals surface area contributed by atoms with E-state index in [9.17, 15) is 19.5 Å². The van der Waals surface area contributed by atoms with Crippen LogP contribution in [0.4, 0.5) is 10.5 Å². The van der Waals surface area contributed by atoms with Crippen molar-refractivity contribution in [2.24, 2.45) is 0 Å². The summed E-state index contributed by atoms with van der Waals surface area (Å²) in [5.74, 6) is -1.26. The van der Waals surface area contributed by atoms with E-state index in [-0.39, 0.29) is 13.2 Å². The van der Waals surface area contributed by atoms with Gasteiger partial charge in [-0.15, -0.1) is 0 Å². The van der Waals surface area contributed by atoms with Crippen molar-refractivity contribution in [1.82, 2.24) is 10.6 Å². The van der Waals surface area contributed by atoms with Crippen LogP contribution in [0.3, 0.4) is 0 Å². The Balaban J connectivity index is 1.53. The number of urea groups is 1. The lowest BCUT2D eigenvalue weighted by Crippen LogP contribution is -2.37. The van der Waals surface area contributed by atoms with Crippen LogP contribution in [0, 0.1) is 0 Å². The summed E-state index contributed by atoms with van der Waals surface area (Å²) in [6.45, 7) is 1.48. The molecule has 0 fully saturated rings. The summed E-state index contributed by atoms with van der Waals surface area (Å²) in [7, 11) is 0. The summed E-state index contributed by atoms with van der Waals surface area (Å²) in [6, 6.07) is 18.6. The Morgan fingerprint density at radius 1 is 0.929 bits per heavy atom. The molecule has 0 spiro atoms. The van der Waals surface area contributed by atoms with Gasteiger partial charge in [-0.05, 0) is 85.2 Å². The minimum atomic E-state index is -1.46. The van der Waals surface area contributed by atoms with Crippen LogP contribution in [0.1, 0.15) is 65.7 Å². The van der Waals surface area contributed by atoms with Crippen molar-refractivity contribution in [3.8, 4) is 0 Å². The quantitative estimate of drug-likeness (QED) is 0.195. The molecule has 1 aliphatic carbocycles. The first-order chi connectivity index (χ1) is 20.2. The highest BCUT2D eigenvalue weighted by atomic mass is 35.5. The molecule has 0 heterocycles. The zero-order valence-electron chi connectivity index (χ0n) is 23.2. The van der Waals surface area contributed by atoms with Crippen LogP contribution in [0.5, 0.6) is 0 Å². The van der Waals surface area contributed by atoms with Crippen molar-refractivity contribution in [2.45, 2.75) is 44.8 Å². The van der Waals surface area contributed by atoms with E-state index in [1.807, 2.05) is 12.1 Å². The second-order valence-corrected chi connectivity index (χ2v) is 10.8. The van der Waals surface area contributed by atoms with E-state index in [0.717, 1.165) is 29.5 Å². The average molecular weight is 611 g/mol. The molecule has 8 nitrogen and oxygen atoms in total. The Kier molecular flexibility index (Phi) is 11.0. The number of rotatable bonds is 10. The van der Waals surface area contributed by atoms with Crippen molar-refractivity contribution in [3.05, 3.63) is 105 Å². The summed E-state index contributed by atoms with van der Waals surface area (Å²) in [5.41, 5.74) is 4.85. The van der Waals surface area contributed by atoms with Crippen molar-refractivity contribution < 1.29 is 24.2 Å². The Labute approximate surface area is 255 Å². The predicted octanol–water partition coefficient (Wildman–Crippen LogP) is 6.52. The van der Waals surface area contributed by atoms with Crippen molar-refractivity contribution >= 4 is 52.4 Å². The third-order valence-electron chi connectivity index (χ3n) is 6.82. The molecule has 3 aromatic carbocycles. The number of anilines is 1. The largest absolute Gasteiger partial charge is 0.464 e. The molecule has 3 aromatic rings. The molecule has 220 valence electrons. The molecule has 2 unspecified atom stereocenters. The Morgan fingerprint density at radius 2 is 1.57 bits per heavy atom. The van der Waals surface area contributed by atoms with Crippen molar-refractivity contribution in [1.29, 1.82) is 0 Å². The molecular formula is C32H33Cl2N3O5.